The maximum atomic E-state index is 11.9. The van der Waals surface area contributed by atoms with Crippen molar-refractivity contribution in [2.45, 2.75) is 6.42 Å². The predicted octanol–water partition coefficient (Wildman–Crippen LogP) is 5.59. The van der Waals surface area contributed by atoms with Gasteiger partial charge in [-0.05, 0) is 41.8 Å². The number of nitrogens with one attached hydrogen (secondary N) is 1. The third kappa shape index (κ3) is 4.97. The van der Waals surface area contributed by atoms with Crippen molar-refractivity contribution in [3.63, 3.8) is 0 Å². The monoisotopic (exact) mass is 467 g/mol. The molecule has 0 atom stereocenters. The summed E-state index contributed by atoms with van der Waals surface area (Å²) in [5.41, 5.74) is 1.70. The number of carbonyl (C=O) groups is 1. The molecule has 0 saturated heterocycles. The van der Waals surface area contributed by atoms with E-state index < -0.39 is 5.97 Å². The third-order valence-corrected chi connectivity index (χ3v) is 5.57. The Morgan fingerprint density at radius 2 is 2.10 bits per heavy atom. The Bertz CT molecular complexity index is 1090. The molecular weight excluding hydrogens is 453 g/mol. The number of nitrogens with zero attached hydrogens (tertiary/aromatic N) is 1. The summed E-state index contributed by atoms with van der Waals surface area (Å²) in [4.78, 5) is 12.8. The summed E-state index contributed by atoms with van der Waals surface area (Å²) >= 11 is 18.7. The molecule has 10 heteroatoms. The molecule has 0 aliphatic rings. The maximum Gasteiger partial charge on any atom is 0.348 e. The molecule has 2 heterocycles. The van der Waals surface area contributed by atoms with Gasteiger partial charge in [-0.25, -0.2) is 4.79 Å². The van der Waals surface area contributed by atoms with Crippen LogP contribution in [0.1, 0.15) is 21.9 Å². The highest BCUT2D eigenvalue weighted by Crippen LogP contribution is 2.31. The summed E-state index contributed by atoms with van der Waals surface area (Å²) in [6, 6.07) is 10.3. The Balaban J connectivity index is 1.75. The molecule has 29 heavy (non-hydrogen) atoms. The Kier molecular flexibility index (Phi) is 6.92. The van der Waals surface area contributed by atoms with Gasteiger partial charge >= 0.3 is 5.97 Å². The number of nitrogens with two attached hydrogens (primary N) is 1. The number of benzene rings is 1. The Morgan fingerprint density at radius 1 is 1.31 bits per heavy atom. The van der Waals surface area contributed by atoms with E-state index in [1.54, 1.807) is 41.8 Å². The molecule has 2 aromatic heterocycles. The number of hydrazone groups is 1. The topological polar surface area (TPSA) is 89.8 Å². The molecule has 3 aromatic rings. The van der Waals surface area contributed by atoms with Gasteiger partial charge in [0.2, 0.25) is 0 Å². The molecule has 0 aliphatic heterocycles. The van der Waals surface area contributed by atoms with E-state index in [1.807, 2.05) is 0 Å². The number of furan rings is 1. The Morgan fingerprint density at radius 3 is 2.79 bits per heavy atom. The highest BCUT2D eigenvalue weighted by atomic mass is 35.5. The first-order valence-corrected chi connectivity index (χ1v) is 10.3. The zero-order chi connectivity index (χ0) is 21.0. The number of hydrogen-bond acceptors (Lipinski definition) is 7. The van der Waals surface area contributed by atoms with E-state index >= 15 is 0 Å². The average molecular weight is 468 g/mol. The van der Waals surface area contributed by atoms with Gasteiger partial charge in [0, 0.05) is 17.0 Å². The lowest BCUT2D eigenvalue weighted by Crippen LogP contribution is -2.16. The van der Waals surface area contributed by atoms with Crippen LogP contribution in [0, 0.1) is 0 Å². The molecule has 6 nitrogen and oxygen atoms in total. The van der Waals surface area contributed by atoms with Crippen molar-refractivity contribution in [2.75, 3.05) is 12.4 Å². The van der Waals surface area contributed by atoms with Crippen molar-refractivity contribution in [3.05, 3.63) is 62.5 Å². The van der Waals surface area contributed by atoms with Gasteiger partial charge in [0.1, 0.15) is 16.3 Å². The second-order valence-corrected chi connectivity index (χ2v) is 8.00. The van der Waals surface area contributed by atoms with Crippen molar-refractivity contribution in [1.82, 2.24) is 0 Å². The van der Waals surface area contributed by atoms with E-state index in [1.165, 1.54) is 18.4 Å². The van der Waals surface area contributed by atoms with Crippen LogP contribution in [0.2, 0.25) is 10.0 Å². The standard InChI is InChI=1S/C19H15Cl2N3O3S2/c1-26-19(25)18-11(6-7-29-18)15-4-5-16(27-15)14(24-22)9-17(28)23-13-3-2-10(20)8-12(13)21/h2-8H,9,22H2,1H3,(H,23,28)/b24-14-. The molecule has 0 saturated carbocycles. The molecule has 0 bridgehead atoms. The minimum atomic E-state index is -0.425. The van der Waals surface area contributed by atoms with Gasteiger partial charge in [0.05, 0.1) is 22.8 Å². The summed E-state index contributed by atoms with van der Waals surface area (Å²) in [6.45, 7) is 0. The first kappa shape index (κ1) is 21.3. The number of thiocarbonyl (C=S) groups is 1. The van der Waals surface area contributed by atoms with E-state index in [0.717, 1.165) is 0 Å². The van der Waals surface area contributed by atoms with E-state index in [9.17, 15) is 4.79 Å². The number of methoxy groups -OCH3 is 1. The quantitative estimate of drug-likeness (QED) is 0.161. The zero-order valence-electron chi connectivity index (χ0n) is 15.1. The van der Waals surface area contributed by atoms with Gasteiger partial charge in [-0.2, -0.15) is 5.10 Å². The summed E-state index contributed by atoms with van der Waals surface area (Å²) < 4.78 is 10.7. The van der Waals surface area contributed by atoms with Crippen LogP contribution in [-0.4, -0.2) is 23.8 Å². The molecule has 1 aromatic carbocycles. The molecule has 3 N–H and O–H groups in total. The summed E-state index contributed by atoms with van der Waals surface area (Å²) in [5, 5.41) is 9.60. The van der Waals surface area contributed by atoms with E-state index in [2.05, 4.69) is 10.4 Å². The van der Waals surface area contributed by atoms with Crippen molar-refractivity contribution >= 4 is 69.1 Å². The second kappa shape index (κ2) is 9.41. The van der Waals surface area contributed by atoms with Crippen LogP contribution < -0.4 is 11.2 Å². The molecule has 0 aliphatic carbocycles. The second-order valence-electron chi connectivity index (χ2n) is 5.74. The highest BCUT2D eigenvalue weighted by Gasteiger charge is 2.19. The first-order valence-electron chi connectivity index (χ1n) is 8.21. The third-order valence-electron chi connectivity index (χ3n) is 3.88. The average Bonchev–Trinajstić information content (AvgIpc) is 3.37. The lowest BCUT2D eigenvalue weighted by atomic mass is 10.2. The van der Waals surface area contributed by atoms with Crippen LogP contribution >= 0.6 is 46.8 Å². The van der Waals surface area contributed by atoms with Gasteiger partial charge in [0.15, 0.2) is 5.76 Å². The molecule has 0 unspecified atom stereocenters. The van der Waals surface area contributed by atoms with E-state index in [4.69, 9.17) is 50.4 Å². The van der Waals surface area contributed by atoms with Crippen molar-refractivity contribution in [3.8, 4) is 11.3 Å². The van der Waals surface area contributed by atoms with E-state index in [0.29, 0.717) is 48.4 Å². The van der Waals surface area contributed by atoms with Crippen LogP contribution in [-0.2, 0) is 4.74 Å². The molecule has 0 fully saturated rings. The smallest absolute Gasteiger partial charge is 0.348 e. The molecule has 3 rings (SSSR count). The van der Waals surface area contributed by atoms with Crippen LogP contribution in [0.5, 0.6) is 0 Å². The zero-order valence-corrected chi connectivity index (χ0v) is 18.2. The van der Waals surface area contributed by atoms with Crippen LogP contribution in [0.15, 0.2) is 51.3 Å². The normalized spacial score (nSPS) is 11.3. The van der Waals surface area contributed by atoms with Crippen molar-refractivity contribution in [1.29, 1.82) is 0 Å². The fraction of sp³-hybridized carbons (Fsp3) is 0.105. The fourth-order valence-electron chi connectivity index (χ4n) is 2.53. The minimum absolute atomic E-state index is 0.227. The number of carbonyl (C=O) groups excluding carboxylic acids is 1. The summed E-state index contributed by atoms with van der Waals surface area (Å²) in [6.07, 6.45) is 0.227. The lowest BCUT2D eigenvalue weighted by molar-refractivity contribution is 0.0607. The molecule has 0 amide bonds. The number of hydrogen-bond donors (Lipinski definition) is 2. The Hall–Kier alpha value is -2.39. The van der Waals surface area contributed by atoms with Crippen LogP contribution in [0.25, 0.3) is 11.3 Å². The number of halogens is 2. The van der Waals surface area contributed by atoms with Crippen molar-refractivity contribution in [2.24, 2.45) is 10.9 Å². The molecule has 0 spiro atoms. The Labute approximate surface area is 186 Å². The van der Waals surface area contributed by atoms with Gasteiger partial charge < -0.3 is 20.3 Å². The van der Waals surface area contributed by atoms with Crippen LogP contribution in [0.3, 0.4) is 0 Å². The number of thiophene rings is 1. The molecule has 150 valence electrons. The lowest BCUT2D eigenvalue weighted by Gasteiger charge is -2.10. The maximum absolute atomic E-state index is 11.9. The van der Waals surface area contributed by atoms with E-state index in [-0.39, 0.29) is 6.42 Å². The van der Waals surface area contributed by atoms with Gasteiger partial charge in [-0.1, -0.05) is 35.4 Å². The van der Waals surface area contributed by atoms with Crippen LogP contribution in [0.4, 0.5) is 5.69 Å². The van der Waals surface area contributed by atoms with Gasteiger partial charge in [0.25, 0.3) is 0 Å². The number of anilines is 1. The minimum Gasteiger partial charge on any atom is -0.465 e. The fourth-order valence-corrected chi connectivity index (χ4v) is 4.04. The van der Waals surface area contributed by atoms with Crippen molar-refractivity contribution < 1.29 is 13.9 Å². The SMILES string of the molecule is COC(=O)c1sccc1-c1ccc(/C(CC(=S)Nc2ccc(Cl)cc2Cl)=N\N)o1. The molecular formula is C19H15Cl2N3O3S2. The number of rotatable bonds is 6. The highest BCUT2D eigenvalue weighted by molar-refractivity contribution is 7.80. The van der Waals surface area contributed by atoms with Gasteiger partial charge in [-0.3, -0.25) is 0 Å². The number of ether oxygens (including phenoxy) is 1. The first-order chi connectivity index (χ1) is 13.9. The largest absolute Gasteiger partial charge is 0.465 e. The van der Waals surface area contributed by atoms with Gasteiger partial charge in [-0.15, -0.1) is 11.3 Å². The molecule has 0 radical (unpaired) electrons. The summed E-state index contributed by atoms with van der Waals surface area (Å²) in [7, 11) is 1.33. The number of esters is 1. The predicted molar refractivity (Wildman–Crippen MR) is 121 cm³/mol. The summed E-state index contributed by atoms with van der Waals surface area (Å²) in [5.74, 6) is 6.07.